The number of rotatable bonds is 3. The fraction of sp³-hybridized carbons (Fsp3) is 0.409. The van der Waals surface area contributed by atoms with Crippen LogP contribution < -0.4 is 10.7 Å². The highest BCUT2D eigenvalue weighted by atomic mass is 16.2. The standard InChI is InChI=1S/C22H26N4O/c27-22-25(15-16-9-3-1-4-10-16)19-14-8-7-13-18(19)21-23-20(24-26(21)22)17-11-5-2-6-12-17/h1-6,9-12,18-21,23-24H,7-8,13-15H2. The summed E-state index contributed by atoms with van der Waals surface area (Å²) in [4.78, 5) is 15.5. The second-order valence-electron chi connectivity index (χ2n) is 7.87. The number of hydrazine groups is 1. The van der Waals surface area contributed by atoms with Crippen LogP contribution in [-0.4, -0.2) is 28.1 Å². The molecule has 2 aromatic carbocycles. The van der Waals surface area contributed by atoms with E-state index in [1.807, 2.05) is 41.4 Å². The Morgan fingerprint density at radius 2 is 1.63 bits per heavy atom. The van der Waals surface area contributed by atoms with Gasteiger partial charge in [-0.05, 0) is 24.0 Å². The molecule has 1 aliphatic carbocycles. The quantitative estimate of drug-likeness (QED) is 0.877. The van der Waals surface area contributed by atoms with E-state index in [9.17, 15) is 4.79 Å². The molecular weight excluding hydrogens is 336 g/mol. The third-order valence-corrected chi connectivity index (χ3v) is 6.25. The van der Waals surface area contributed by atoms with E-state index in [-0.39, 0.29) is 18.4 Å². The summed E-state index contributed by atoms with van der Waals surface area (Å²) < 4.78 is 0. The first-order chi connectivity index (χ1) is 13.3. The van der Waals surface area contributed by atoms with Crippen molar-refractivity contribution in [3.63, 3.8) is 0 Å². The summed E-state index contributed by atoms with van der Waals surface area (Å²) in [6.45, 7) is 0.682. The molecule has 0 radical (unpaired) electrons. The van der Waals surface area contributed by atoms with Gasteiger partial charge in [0.15, 0.2) is 0 Å². The van der Waals surface area contributed by atoms with Gasteiger partial charge in [-0.1, -0.05) is 73.5 Å². The maximum atomic E-state index is 13.4. The highest BCUT2D eigenvalue weighted by Gasteiger charge is 2.51. The second kappa shape index (κ2) is 6.98. The van der Waals surface area contributed by atoms with Crippen molar-refractivity contribution < 1.29 is 4.79 Å². The molecule has 1 saturated carbocycles. The van der Waals surface area contributed by atoms with Crippen molar-refractivity contribution in [3.05, 3.63) is 71.8 Å². The largest absolute Gasteiger partial charge is 0.336 e. The van der Waals surface area contributed by atoms with Gasteiger partial charge >= 0.3 is 6.03 Å². The number of nitrogens with one attached hydrogen (secondary N) is 2. The molecule has 2 aromatic rings. The molecule has 0 spiro atoms. The molecule has 0 aromatic heterocycles. The molecule has 3 fully saturated rings. The van der Waals surface area contributed by atoms with Gasteiger partial charge in [-0.15, -0.1) is 0 Å². The Hall–Kier alpha value is -2.37. The maximum absolute atomic E-state index is 13.4. The molecule has 3 aliphatic rings. The minimum absolute atomic E-state index is 0.0144. The van der Waals surface area contributed by atoms with E-state index in [1.54, 1.807) is 0 Å². The third kappa shape index (κ3) is 3.01. The Morgan fingerprint density at radius 3 is 2.41 bits per heavy atom. The minimum Gasteiger partial charge on any atom is -0.316 e. The van der Waals surface area contributed by atoms with Crippen molar-refractivity contribution in [1.82, 2.24) is 20.7 Å². The molecule has 5 nitrogen and oxygen atoms in total. The van der Waals surface area contributed by atoms with E-state index in [1.165, 1.54) is 30.4 Å². The summed E-state index contributed by atoms with van der Waals surface area (Å²) >= 11 is 0. The Bertz CT molecular complexity index is 794. The van der Waals surface area contributed by atoms with Gasteiger partial charge in [0, 0.05) is 18.5 Å². The third-order valence-electron chi connectivity index (χ3n) is 6.25. The van der Waals surface area contributed by atoms with Crippen molar-refractivity contribution in [2.45, 2.75) is 50.6 Å². The number of amides is 2. The number of hydrogen-bond acceptors (Lipinski definition) is 3. The van der Waals surface area contributed by atoms with Crippen molar-refractivity contribution in [2.24, 2.45) is 5.92 Å². The van der Waals surface area contributed by atoms with E-state index >= 15 is 0 Å². The van der Waals surface area contributed by atoms with Gasteiger partial charge in [0.25, 0.3) is 0 Å². The Labute approximate surface area is 160 Å². The van der Waals surface area contributed by atoms with Crippen LogP contribution in [0, 0.1) is 5.92 Å². The predicted molar refractivity (Wildman–Crippen MR) is 104 cm³/mol. The van der Waals surface area contributed by atoms with Gasteiger partial charge < -0.3 is 4.90 Å². The Kier molecular flexibility index (Phi) is 4.34. The fourth-order valence-corrected chi connectivity index (χ4v) is 4.95. The lowest BCUT2D eigenvalue weighted by atomic mass is 9.80. The van der Waals surface area contributed by atoms with Gasteiger partial charge in [-0.2, -0.15) is 0 Å². The van der Waals surface area contributed by atoms with Crippen LogP contribution in [0.1, 0.15) is 43.0 Å². The Morgan fingerprint density at radius 1 is 0.926 bits per heavy atom. The molecule has 4 unspecified atom stereocenters. The van der Waals surface area contributed by atoms with Crippen LogP contribution in [-0.2, 0) is 6.54 Å². The predicted octanol–water partition coefficient (Wildman–Crippen LogP) is 3.62. The number of fused-ring (bicyclic) bond motifs is 3. The second-order valence-corrected chi connectivity index (χ2v) is 7.87. The first kappa shape index (κ1) is 16.8. The van der Waals surface area contributed by atoms with E-state index in [2.05, 4.69) is 39.9 Å². The minimum atomic E-state index is -0.0144. The number of carbonyl (C=O) groups is 1. The monoisotopic (exact) mass is 362 g/mol. The van der Waals surface area contributed by atoms with Crippen LogP contribution in [0.5, 0.6) is 0 Å². The van der Waals surface area contributed by atoms with Gasteiger partial charge in [0.05, 0.1) is 0 Å². The van der Waals surface area contributed by atoms with E-state index in [4.69, 9.17) is 0 Å². The van der Waals surface area contributed by atoms with Crippen LogP contribution in [0.15, 0.2) is 60.7 Å². The lowest BCUT2D eigenvalue weighted by Gasteiger charge is -2.49. The van der Waals surface area contributed by atoms with Crippen LogP contribution in [0.2, 0.25) is 0 Å². The number of urea groups is 1. The smallest absolute Gasteiger partial charge is 0.316 e. The SMILES string of the molecule is O=C1N(Cc2ccccc2)C2CCCCC2C2NC(c3ccccc3)NN12. The summed E-state index contributed by atoms with van der Waals surface area (Å²) in [7, 11) is 0. The highest BCUT2D eigenvalue weighted by Crippen LogP contribution is 2.39. The van der Waals surface area contributed by atoms with E-state index in [0.29, 0.717) is 18.5 Å². The molecular formula is C22H26N4O. The lowest BCUT2D eigenvalue weighted by molar-refractivity contribution is -0.00377. The number of hydrogen-bond donors (Lipinski definition) is 2. The molecule has 2 N–H and O–H groups in total. The molecule has 5 rings (SSSR count). The van der Waals surface area contributed by atoms with Crippen LogP contribution in [0.3, 0.4) is 0 Å². The molecule has 2 heterocycles. The zero-order valence-electron chi connectivity index (χ0n) is 15.4. The molecule has 5 heteroatoms. The lowest BCUT2D eigenvalue weighted by Crippen LogP contribution is -2.65. The highest BCUT2D eigenvalue weighted by molar-refractivity contribution is 5.76. The summed E-state index contributed by atoms with van der Waals surface area (Å²) in [5, 5.41) is 5.54. The average molecular weight is 362 g/mol. The summed E-state index contributed by atoms with van der Waals surface area (Å²) in [6, 6.07) is 21.1. The fourth-order valence-electron chi connectivity index (χ4n) is 4.95. The summed E-state index contributed by atoms with van der Waals surface area (Å²) in [5.41, 5.74) is 5.80. The first-order valence-corrected chi connectivity index (χ1v) is 10.0. The molecule has 140 valence electrons. The molecule has 27 heavy (non-hydrogen) atoms. The summed E-state index contributed by atoms with van der Waals surface area (Å²) in [5.74, 6) is 0.460. The van der Waals surface area contributed by atoms with Crippen LogP contribution in [0.4, 0.5) is 4.79 Å². The normalized spacial score (nSPS) is 30.1. The van der Waals surface area contributed by atoms with Gasteiger partial charge in [-0.3, -0.25) is 5.32 Å². The zero-order chi connectivity index (χ0) is 18.2. The maximum Gasteiger partial charge on any atom is 0.336 e. The van der Waals surface area contributed by atoms with Gasteiger partial charge in [-0.25, -0.2) is 15.2 Å². The molecule has 2 saturated heterocycles. The zero-order valence-corrected chi connectivity index (χ0v) is 15.4. The van der Waals surface area contributed by atoms with Crippen LogP contribution >= 0.6 is 0 Å². The van der Waals surface area contributed by atoms with Crippen molar-refractivity contribution in [3.8, 4) is 0 Å². The van der Waals surface area contributed by atoms with Crippen molar-refractivity contribution >= 4 is 6.03 Å². The average Bonchev–Trinajstić information content (AvgIpc) is 3.19. The topological polar surface area (TPSA) is 47.6 Å². The number of nitrogens with zero attached hydrogens (tertiary/aromatic N) is 2. The number of benzene rings is 2. The molecule has 2 amide bonds. The summed E-state index contributed by atoms with van der Waals surface area (Å²) in [6.07, 6.45) is 4.78. The van der Waals surface area contributed by atoms with Crippen LogP contribution in [0.25, 0.3) is 0 Å². The van der Waals surface area contributed by atoms with Crippen molar-refractivity contribution in [1.29, 1.82) is 0 Å². The number of carbonyl (C=O) groups excluding carboxylic acids is 1. The van der Waals surface area contributed by atoms with Crippen molar-refractivity contribution in [2.75, 3.05) is 0 Å². The van der Waals surface area contributed by atoms with Gasteiger partial charge in [0.2, 0.25) is 0 Å². The molecule has 2 aliphatic heterocycles. The van der Waals surface area contributed by atoms with E-state index in [0.717, 1.165) is 6.42 Å². The molecule has 0 bridgehead atoms. The Balaban J connectivity index is 1.43. The van der Waals surface area contributed by atoms with Gasteiger partial charge in [0.1, 0.15) is 12.3 Å². The van der Waals surface area contributed by atoms with E-state index < -0.39 is 0 Å². The first-order valence-electron chi connectivity index (χ1n) is 10.0. The molecule has 4 atom stereocenters.